The van der Waals surface area contributed by atoms with Crippen LogP contribution in [0.15, 0.2) is 48.7 Å². The average molecular weight is 421 g/mol. The quantitative estimate of drug-likeness (QED) is 0.744. The number of nitrogens with zero attached hydrogens (tertiary/aromatic N) is 4. The van der Waals surface area contributed by atoms with Crippen LogP contribution in [-0.4, -0.2) is 65.9 Å². The summed E-state index contributed by atoms with van der Waals surface area (Å²) in [6, 6.07) is 13.7. The molecule has 0 aliphatic carbocycles. The molecule has 2 aromatic rings. The third kappa shape index (κ3) is 5.43. The molecule has 31 heavy (non-hydrogen) atoms. The minimum Gasteiger partial charge on any atom is -0.353 e. The van der Waals surface area contributed by atoms with Gasteiger partial charge in [-0.25, -0.2) is 4.98 Å². The van der Waals surface area contributed by atoms with Crippen molar-refractivity contribution in [3.05, 3.63) is 59.8 Å². The van der Waals surface area contributed by atoms with Gasteiger partial charge in [0.15, 0.2) is 0 Å². The Hall–Kier alpha value is -2.89. The van der Waals surface area contributed by atoms with Crippen molar-refractivity contribution in [2.75, 3.05) is 44.2 Å². The SMILES string of the molecule is Cc1ccc(C(=O)N2CCC(CCC(=O)N3CCN(c4ccccn4)CC3)CC2)cc1. The number of aryl methyl sites for hydroxylation is 1. The number of rotatable bonds is 5. The molecular formula is C25H32N4O2. The third-order valence-corrected chi connectivity index (χ3v) is 6.57. The molecule has 0 unspecified atom stereocenters. The lowest BCUT2D eigenvalue weighted by molar-refractivity contribution is -0.131. The number of amides is 2. The zero-order valence-electron chi connectivity index (χ0n) is 18.4. The van der Waals surface area contributed by atoms with Crippen LogP contribution in [0.25, 0.3) is 0 Å². The lowest BCUT2D eigenvalue weighted by Gasteiger charge is -2.36. The third-order valence-electron chi connectivity index (χ3n) is 6.57. The lowest BCUT2D eigenvalue weighted by atomic mass is 9.91. The molecule has 6 nitrogen and oxygen atoms in total. The zero-order valence-corrected chi connectivity index (χ0v) is 18.4. The summed E-state index contributed by atoms with van der Waals surface area (Å²) in [7, 11) is 0. The van der Waals surface area contributed by atoms with Gasteiger partial charge in [0.05, 0.1) is 0 Å². The van der Waals surface area contributed by atoms with Crippen molar-refractivity contribution in [2.45, 2.75) is 32.6 Å². The maximum absolute atomic E-state index is 12.7. The maximum Gasteiger partial charge on any atom is 0.253 e. The van der Waals surface area contributed by atoms with E-state index in [1.807, 2.05) is 65.4 Å². The first-order valence-electron chi connectivity index (χ1n) is 11.4. The Morgan fingerprint density at radius 3 is 2.26 bits per heavy atom. The van der Waals surface area contributed by atoms with Crippen molar-refractivity contribution in [3.8, 4) is 0 Å². The number of benzene rings is 1. The van der Waals surface area contributed by atoms with E-state index in [2.05, 4.69) is 9.88 Å². The van der Waals surface area contributed by atoms with Crippen molar-refractivity contribution in [3.63, 3.8) is 0 Å². The highest BCUT2D eigenvalue weighted by Gasteiger charge is 2.26. The molecule has 2 aliphatic rings. The molecular weight excluding hydrogens is 388 g/mol. The summed E-state index contributed by atoms with van der Waals surface area (Å²) in [6.07, 6.45) is 5.31. The predicted molar refractivity (Wildman–Crippen MR) is 122 cm³/mol. The van der Waals surface area contributed by atoms with Crippen LogP contribution in [0.5, 0.6) is 0 Å². The Kier molecular flexibility index (Phi) is 6.85. The first-order valence-corrected chi connectivity index (χ1v) is 11.4. The van der Waals surface area contributed by atoms with E-state index in [0.717, 1.165) is 75.5 Å². The summed E-state index contributed by atoms with van der Waals surface area (Å²) < 4.78 is 0. The van der Waals surface area contributed by atoms with E-state index >= 15 is 0 Å². The van der Waals surface area contributed by atoms with Gasteiger partial charge in [0.25, 0.3) is 5.91 Å². The minimum absolute atomic E-state index is 0.125. The molecule has 0 atom stereocenters. The van der Waals surface area contributed by atoms with Crippen LogP contribution in [-0.2, 0) is 4.79 Å². The molecule has 0 radical (unpaired) electrons. The molecule has 2 saturated heterocycles. The van der Waals surface area contributed by atoms with Gasteiger partial charge >= 0.3 is 0 Å². The largest absolute Gasteiger partial charge is 0.353 e. The monoisotopic (exact) mass is 420 g/mol. The molecule has 6 heteroatoms. The smallest absolute Gasteiger partial charge is 0.253 e. The Morgan fingerprint density at radius 2 is 1.61 bits per heavy atom. The molecule has 164 valence electrons. The molecule has 4 rings (SSSR count). The summed E-state index contributed by atoms with van der Waals surface area (Å²) in [6.45, 7) is 6.80. The number of carbonyl (C=O) groups is 2. The molecule has 0 bridgehead atoms. The van der Waals surface area contributed by atoms with E-state index in [4.69, 9.17) is 0 Å². The first-order chi connectivity index (χ1) is 15.1. The van der Waals surface area contributed by atoms with Crippen molar-refractivity contribution in [2.24, 2.45) is 5.92 Å². The first kappa shape index (κ1) is 21.3. The van der Waals surface area contributed by atoms with E-state index in [0.29, 0.717) is 12.3 Å². The zero-order chi connectivity index (χ0) is 21.6. The van der Waals surface area contributed by atoms with Gasteiger partial charge in [-0.1, -0.05) is 23.8 Å². The van der Waals surface area contributed by atoms with Gasteiger partial charge in [-0.2, -0.15) is 0 Å². The number of pyridine rings is 1. The highest BCUT2D eigenvalue weighted by atomic mass is 16.2. The van der Waals surface area contributed by atoms with Gasteiger partial charge in [-0.3, -0.25) is 9.59 Å². The van der Waals surface area contributed by atoms with Crippen molar-refractivity contribution in [1.29, 1.82) is 0 Å². The second kappa shape index (κ2) is 9.94. The Morgan fingerprint density at radius 1 is 0.903 bits per heavy atom. The fraction of sp³-hybridized carbons (Fsp3) is 0.480. The molecule has 1 aromatic carbocycles. The number of piperazine rings is 1. The summed E-state index contributed by atoms with van der Waals surface area (Å²) in [5.74, 6) is 1.90. The highest BCUT2D eigenvalue weighted by Crippen LogP contribution is 2.24. The van der Waals surface area contributed by atoms with Crippen LogP contribution in [0, 0.1) is 12.8 Å². The van der Waals surface area contributed by atoms with Gasteiger partial charge in [-0.05, 0) is 56.4 Å². The molecule has 0 N–H and O–H groups in total. The summed E-state index contributed by atoms with van der Waals surface area (Å²) in [4.78, 5) is 36.0. The number of piperidine rings is 1. The number of carbonyl (C=O) groups excluding carboxylic acids is 2. The summed E-state index contributed by atoms with van der Waals surface area (Å²) in [5, 5.41) is 0. The molecule has 3 heterocycles. The maximum atomic E-state index is 12.7. The van der Waals surface area contributed by atoms with Crippen LogP contribution >= 0.6 is 0 Å². The molecule has 2 fully saturated rings. The fourth-order valence-corrected chi connectivity index (χ4v) is 4.51. The van der Waals surface area contributed by atoms with E-state index in [9.17, 15) is 9.59 Å². The van der Waals surface area contributed by atoms with E-state index < -0.39 is 0 Å². The van der Waals surface area contributed by atoms with E-state index in [1.165, 1.54) is 0 Å². The van der Waals surface area contributed by atoms with Crippen molar-refractivity contribution in [1.82, 2.24) is 14.8 Å². The second-order valence-electron chi connectivity index (χ2n) is 8.70. The summed E-state index contributed by atoms with van der Waals surface area (Å²) >= 11 is 0. The molecule has 0 spiro atoms. The number of hydrogen-bond acceptors (Lipinski definition) is 4. The normalized spacial score (nSPS) is 17.6. The average Bonchev–Trinajstić information content (AvgIpc) is 2.83. The standard InChI is InChI=1S/C25H32N4O2/c1-20-5-8-22(9-6-20)25(31)29-14-11-21(12-15-29)7-10-24(30)28-18-16-27(17-19-28)23-4-2-3-13-26-23/h2-6,8-9,13,21H,7,10-12,14-19H2,1H3. The van der Waals surface area contributed by atoms with Crippen LogP contribution in [0.1, 0.15) is 41.6 Å². The number of likely N-dealkylation sites (tertiary alicyclic amines) is 1. The van der Waals surface area contributed by atoms with Gasteiger partial charge in [0.2, 0.25) is 5.91 Å². The Labute approximate surface area is 184 Å². The molecule has 0 saturated carbocycles. The predicted octanol–water partition coefficient (Wildman–Crippen LogP) is 3.37. The van der Waals surface area contributed by atoms with Gasteiger partial charge in [-0.15, -0.1) is 0 Å². The van der Waals surface area contributed by atoms with Gasteiger partial charge < -0.3 is 14.7 Å². The topological polar surface area (TPSA) is 56.8 Å². The molecule has 2 amide bonds. The highest BCUT2D eigenvalue weighted by molar-refractivity contribution is 5.94. The lowest BCUT2D eigenvalue weighted by Crippen LogP contribution is -2.49. The van der Waals surface area contributed by atoms with E-state index in [1.54, 1.807) is 0 Å². The van der Waals surface area contributed by atoms with Gasteiger partial charge in [0.1, 0.15) is 5.82 Å². The second-order valence-corrected chi connectivity index (χ2v) is 8.70. The van der Waals surface area contributed by atoms with Crippen LogP contribution in [0.3, 0.4) is 0 Å². The number of aromatic nitrogens is 1. The fourth-order valence-electron chi connectivity index (χ4n) is 4.51. The summed E-state index contributed by atoms with van der Waals surface area (Å²) in [5.41, 5.74) is 1.93. The van der Waals surface area contributed by atoms with Crippen LogP contribution in [0.2, 0.25) is 0 Å². The Bertz CT molecular complexity index is 868. The van der Waals surface area contributed by atoms with Crippen molar-refractivity contribution < 1.29 is 9.59 Å². The van der Waals surface area contributed by atoms with Crippen LogP contribution < -0.4 is 4.90 Å². The minimum atomic E-state index is 0.125. The Balaban J connectivity index is 1.17. The molecule has 2 aliphatic heterocycles. The molecule has 1 aromatic heterocycles. The number of anilines is 1. The van der Waals surface area contributed by atoms with E-state index in [-0.39, 0.29) is 11.8 Å². The number of hydrogen-bond donors (Lipinski definition) is 0. The van der Waals surface area contributed by atoms with Crippen LogP contribution in [0.4, 0.5) is 5.82 Å². The van der Waals surface area contributed by atoms with Crippen molar-refractivity contribution >= 4 is 17.6 Å². The van der Waals surface area contributed by atoms with Gasteiger partial charge in [0, 0.05) is 57.4 Å².